The Morgan fingerprint density at radius 1 is 1.53 bits per heavy atom. The summed E-state index contributed by atoms with van der Waals surface area (Å²) in [5, 5.41) is 12.6. The summed E-state index contributed by atoms with van der Waals surface area (Å²) in [5.74, 6) is 0.556. The first-order valence-corrected chi connectivity index (χ1v) is 4.49. The summed E-state index contributed by atoms with van der Waals surface area (Å²) in [6.07, 6.45) is 1.67. The maximum atomic E-state index is 8.43. The minimum absolute atomic E-state index is 0.0808. The largest absolute Gasteiger partial charge is 0.338 e. The Hall–Kier alpha value is -1.93. The van der Waals surface area contributed by atoms with Crippen molar-refractivity contribution in [1.29, 1.82) is 5.26 Å². The lowest BCUT2D eigenvalue weighted by Crippen LogP contribution is -1.87. The molecule has 2 aromatic heterocycles. The fraction of sp³-hybridized carbons (Fsp3) is 0.111. The number of pyridine rings is 1. The second kappa shape index (κ2) is 4.07. The Morgan fingerprint density at radius 2 is 2.40 bits per heavy atom. The van der Waals surface area contributed by atoms with Gasteiger partial charge in [0.1, 0.15) is 12.1 Å². The van der Waals surface area contributed by atoms with Crippen molar-refractivity contribution in [2.45, 2.75) is 6.42 Å². The zero-order valence-corrected chi connectivity index (χ0v) is 8.27. The third kappa shape index (κ3) is 1.95. The molecule has 0 atom stereocenters. The lowest BCUT2D eigenvalue weighted by atomic mass is 10.3. The molecule has 0 unspecified atom stereocenters. The Morgan fingerprint density at radius 3 is 3.13 bits per heavy atom. The van der Waals surface area contributed by atoms with Crippen LogP contribution in [0.4, 0.5) is 0 Å². The van der Waals surface area contributed by atoms with Gasteiger partial charge in [0.15, 0.2) is 0 Å². The molecule has 0 amide bonds. The summed E-state index contributed by atoms with van der Waals surface area (Å²) >= 11 is 5.90. The van der Waals surface area contributed by atoms with Crippen LogP contribution in [0.2, 0.25) is 5.02 Å². The van der Waals surface area contributed by atoms with E-state index in [1.165, 1.54) is 0 Å². The van der Waals surface area contributed by atoms with Gasteiger partial charge in [0, 0.05) is 6.20 Å². The third-order valence-electron chi connectivity index (χ3n) is 1.67. The second-order valence-electron chi connectivity index (χ2n) is 2.68. The smallest absolute Gasteiger partial charge is 0.241 e. The lowest BCUT2D eigenvalue weighted by Gasteiger charge is -1.94. The van der Waals surface area contributed by atoms with Gasteiger partial charge in [-0.25, -0.2) is 0 Å². The van der Waals surface area contributed by atoms with E-state index >= 15 is 0 Å². The predicted molar refractivity (Wildman–Crippen MR) is 51.9 cm³/mol. The highest BCUT2D eigenvalue weighted by Crippen LogP contribution is 2.22. The Bertz CT molecular complexity index is 517. The number of aromatic nitrogens is 3. The van der Waals surface area contributed by atoms with Gasteiger partial charge in [-0.2, -0.15) is 10.2 Å². The van der Waals surface area contributed by atoms with Crippen molar-refractivity contribution >= 4 is 11.6 Å². The molecule has 0 N–H and O–H groups in total. The van der Waals surface area contributed by atoms with Crippen molar-refractivity contribution in [1.82, 2.24) is 15.1 Å². The van der Waals surface area contributed by atoms with Gasteiger partial charge >= 0.3 is 0 Å². The summed E-state index contributed by atoms with van der Waals surface area (Å²) in [6, 6.07) is 5.31. The van der Waals surface area contributed by atoms with Crippen LogP contribution in [0.5, 0.6) is 0 Å². The van der Waals surface area contributed by atoms with E-state index < -0.39 is 0 Å². The molecule has 0 aromatic carbocycles. The molecule has 0 saturated heterocycles. The van der Waals surface area contributed by atoms with E-state index in [2.05, 4.69) is 15.1 Å². The van der Waals surface area contributed by atoms with E-state index in [0.29, 0.717) is 16.5 Å². The van der Waals surface area contributed by atoms with Crippen molar-refractivity contribution in [3.8, 4) is 17.6 Å². The number of halogens is 1. The average Bonchev–Trinajstić information content (AvgIpc) is 2.68. The third-order valence-corrected chi connectivity index (χ3v) is 1.97. The molecule has 2 rings (SSSR count). The Balaban J connectivity index is 2.38. The molecule has 74 valence electrons. The van der Waals surface area contributed by atoms with Gasteiger partial charge in [0.2, 0.25) is 11.7 Å². The molecule has 0 radical (unpaired) electrons. The minimum atomic E-state index is 0.0808. The van der Waals surface area contributed by atoms with Gasteiger partial charge in [-0.05, 0) is 12.1 Å². The van der Waals surface area contributed by atoms with E-state index in [-0.39, 0.29) is 12.3 Å². The molecule has 2 heterocycles. The highest BCUT2D eigenvalue weighted by Gasteiger charge is 2.12. The number of hydrogen-bond donors (Lipinski definition) is 0. The summed E-state index contributed by atoms with van der Waals surface area (Å²) in [7, 11) is 0. The highest BCUT2D eigenvalue weighted by atomic mass is 35.5. The highest BCUT2D eigenvalue weighted by molar-refractivity contribution is 6.32. The molecule has 0 bridgehead atoms. The van der Waals surface area contributed by atoms with Crippen LogP contribution in [0.3, 0.4) is 0 Å². The Labute approximate surface area is 90.3 Å². The van der Waals surface area contributed by atoms with E-state index in [4.69, 9.17) is 21.4 Å². The van der Waals surface area contributed by atoms with Gasteiger partial charge in [-0.15, -0.1) is 0 Å². The van der Waals surface area contributed by atoms with Crippen LogP contribution in [-0.4, -0.2) is 15.1 Å². The van der Waals surface area contributed by atoms with Crippen LogP contribution in [0.1, 0.15) is 5.89 Å². The number of nitriles is 1. The van der Waals surface area contributed by atoms with Crippen LogP contribution in [0, 0.1) is 11.3 Å². The monoisotopic (exact) mass is 220 g/mol. The second-order valence-corrected chi connectivity index (χ2v) is 3.09. The van der Waals surface area contributed by atoms with E-state index in [9.17, 15) is 0 Å². The van der Waals surface area contributed by atoms with Crippen molar-refractivity contribution in [3.63, 3.8) is 0 Å². The quantitative estimate of drug-likeness (QED) is 0.772. The zero-order chi connectivity index (χ0) is 10.7. The fourth-order valence-electron chi connectivity index (χ4n) is 1.04. The maximum Gasteiger partial charge on any atom is 0.241 e. The fourth-order valence-corrected chi connectivity index (χ4v) is 1.25. The molecule has 2 aromatic rings. The standard InChI is InChI=1S/C9H5ClN4O/c10-6-2-1-5-12-8(6)9-13-7(3-4-11)15-14-9/h1-2,5H,3H2. The zero-order valence-electron chi connectivity index (χ0n) is 7.51. The first-order chi connectivity index (χ1) is 7.31. The molecule has 0 aliphatic heterocycles. The van der Waals surface area contributed by atoms with Gasteiger partial charge < -0.3 is 4.52 Å². The molecule has 0 saturated carbocycles. The Kier molecular flexibility index (Phi) is 2.61. The van der Waals surface area contributed by atoms with Crippen molar-refractivity contribution in [3.05, 3.63) is 29.2 Å². The maximum absolute atomic E-state index is 8.43. The number of rotatable bonds is 2. The first kappa shape index (κ1) is 9.62. The van der Waals surface area contributed by atoms with Crippen LogP contribution in [-0.2, 0) is 6.42 Å². The van der Waals surface area contributed by atoms with Crippen LogP contribution >= 0.6 is 11.6 Å². The van der Waals surface area contributed by atoms with E-state index in [1.807, 2.05) is 6.07 Å². The molecule has 15 heavy (non-hydrogen) atoms. The van der Waals surface area contributed by atoms with Gasteiger partial charge in [0.05, 0.1) is 11.1 Å². The van der Waals surface area contributed by atoms with Gasteiger partial charge in [-0.3, -0.25) is 4.98 Å². The predicted octanol–water partition coefficient (Wildman–Crippen LogP) is 1.85. The van der Waals surface area contributed by atoms with Crippen LogP contribution in [0.25, 0.3) is 11.5 Å². The normalized spacial score (nSPS) is 9.87. The SMILES string of the molecule is N#CCc1nc(-c2ncccc2Cl)no1. The summed E-state index contributed by atoms with van der Waals surface area (Å²) in [6.45, 7) is 0. The molecule has 0 aliphatic carbocycles. The average molecular weight is 221 g/mol. The first-order valence-electron chi connectivity index (χ1n) is 4.11. The molecule has 6 heteroatoms. The number of hydrogen-bond acceptors (Lipinski definition) is 5. The van der Waals surface area contributed by atoms with Gasteiger partial charge in [-0.1, -0.05) is 16.8 Å². The molecule has 0 spiro atoms. The van der Waals surface area contributed by atoms with Crippen LogP contribution in [0.15, 0.2) is 22.9 Å². The molecular formula is C9H5ClN4O. The van der Waals surface area contributed by atoms with E-state index in [1.54, 1.807) is 18.3 Å². The minimum Gasteiger partial charge on any atom is -0.338 e. The van der Waals surface area contributed by atoms with Crippen molar-refractivity contribution in [2.75, 3.05) is 0 Å². The molecule has 0 aliphatic rings. The van der Waals surface area contributed by atoms with Crippen molar-refractivity contribution < 1.29 is 4.52 Å². The van der Waals surface area contributed by atoms with Gasteiger partial charge in [0.25, 0.3) is 0 Å². The summed E-state index contributed by atoms with van der Waals surface area (Å²) in [5.41, 5.74) is 0.451. The number of nitrogens with zero attached hydrogens (tertiary/aromatic N) is 4. The molecule has 0 fully saturated rings. The van der Waals surface area contributed by atoms with E-state index in [0.717, 1.165) is 0 Å². The summed E-state index contributed by atoms with van der Waals surface area (Å²) in [4.78, 5) is 8.01. The molecular weight excluding hydrogens is 216 g/mol. The lowest BCUT2D eigenvalue weighted by molar-refractivity contribution is 0.387. The molecule has 5 nitrogen and oxygen atoms in total. The van der Waals surface area contributed by atoms with Crippen molar-refractivity contribution in [2.24, 2.45) is 0 Å². The van der Waals surface area contributed by atoms with Crippen LogP contribution < -0.4 is 0 Å². The summed E-state index contributed by atoms with van der Waals surface area (Å²) < 4.78 is 4.83. The topological polar surface area (TPSA) is 75.6 Å².